The molecule has 34 heavy (non-hydrogen) atoms. The summed E-state index contributed by atoms with van der Waals surface area (Å²) < 4.78 is 68.5. The number of aromatic nitrogens is 2. The molecule has 3 aromatic rings. The van der Waals surface area contributed by atoms with Gasteiger partial charge in [-0.25, -0.2) is 13.4 Å². The van der Waals surface area contributed by atoms with Gasteiger partial charge in [0.05, 0.1) is 16.2 Å². The van der Waals surface area contributed by atoms with Crippen molar-refractivity contribution in [3.8, 4) is 11.3 Å². The van der Waals surface area contributed by atoms with Gasteiger partial charge in [0.15, 0.2) is 0 Å². The Hall–Kier alpha value is -2.92. The number of benzene rings is 1. The maximum atomic E-state index is 13.2. The molecule has 4 rings (SSSR count). The minimum absolute atomic E-state index is 0.110. The molecule has 2 heterocycles. The van der Waals surface area contributed by atoms with Gasteiger partial charge in [-0.15, -0.1) is 0 Å². The molecule has 3 N–H and O–H groups in total. The van der Waals surface area contributed by atoms with E-state index in [4.69, 9.17) is 5.73 Å². The van der Waals surface area contributed by atoms with E-state index < -0.39 is 27.6 Å². The third kappa shape index (κ3) is 4.07. The standard InChI is InChI=1S/C23H25F3N4O3S/c1-13-11-17-18(20(27)31)19(30(15-5-4-6-15)21(17)28-12-13)14-7-9-16(10-8-14)34(32,33)29-22(2,3)23(24,25)26/h7-12,15,29H,4-6H2,1-3H3,(H2,27,31). The monoisotopic (exact) mass is 494 g/mol. The van der Waals surface area contributed by atoms with Crippen LogP contribution in [0.3, 0.4) is 0 Å². The van der Waals surface area contributed by atoms with Crippen molar-refractivity contribution in [2.24, 2.45) is 5.73 Å². The fourth-order valence-electron chi connectivity index (χ4n) is 4.07. The van der Waals surface area contributed by atoms with Crippen molar-refractivity contribution >= 4 is 27.0 Å². The van der Waals surface area contributed by atoms with Crippen LogP contribution < -0.4 is 10.5 Å². The lowest BCUT2D eigenvalue weighted by Gasteiger charge is -2.30. The first kappa shape index (κ1) is 24.2. The summed E-state index contributed by atoms with van der Waals surface area (Å²) >= 11 is 0. The molecule has 1 amide bonds. The molecule has 1 saturated carbocycles. The van der Waals surface area contributed by atoms with Crippen LogP contribution in [-0.4, -0.2) is 35.6 Å². The summed E-state index contributed by atoms with van der Waals surface area (Å²) in [7, 11) is -4.46. The molecule has 0 atom stereocenters. The summed E-state index contributed by atoms with van der Waals surface area (Å²) in [5.74, 6) is -0.643. The van der Waals surface area contributed by atoms with Crippen molar-refractivity contribution in [2.75, 3.05) is 0 Å². The highest BCUT2D eigenvalue weighted by molar-refractivity contribution is 7.89. The van der Waals surface area contributed by atoms with Crippen LogP contribution in [0.15, 0.2) is 41.4 Å². The predicted octanol–water partition coefficient (Wildman–Crippen LogP) is 4.45. The van der Waals surface area contributed by atoms with Crippen molar-refractivity contribution in [1.29, 1.82) is 0 Å². The number of rotatable bonds is 6. The van der Waals surface area contributed by atoms with E-state index >= 15 is 0 Å². The van der Waals surface area contributed by atoms with E-state index in [2.05, 4.69) is 4.98 Å². The number of fused-ring (bicyclic) bond motifs is 1. The molecule has 2 aromatic heterocycles. The topological polar surface area (TPSA) is 107 Å². The van der Waals surface area contributed by atoms with E-state index in [1.54, 1.807) is 10.9 Å². The Morgan fingerprint density at radius 2 is 1.79 bits per heavy atom. The lowest BCUT2D eigenvalue weighted by Crippen LogP contribution is -2.54. The van der Waals surface area contributed by atoms with Gasteiger partial charge < -0.3 is 10.3 Å². The molecule has 0 aliphatic heterocycles. The zero-order valence-electron chi connectivity index (χ0n) is 18.9. The maximum absolute atomic E-state index is 13.2. The molecule has 0 radical (unpaired) electrons. The summed E-state index contributed by atoms with van der Waals surface area (Å²) in [4.78, 5) is 16.7. The summed E-state index contributed by atoms with van der Waals surface area (Å²) in [6, 6.07) is 7.32. The fraction of sp³-hybridized carbons (Fsp3) is 0.391. The number of sulfonamides is 1. The molecule has 1 fully saturated rings. The van der Waals surface area contributed by atoms with Crippen molar-refractivity contribution in [1.82, 2.24) is 14.3 Å². The Bertz CT molecular complexity index is 1370. The van der Waals surface area contributed by atoms with Gasteiger partial charge in [-0.1, -0.05) is 12.1 Å². The van der Waals surface area contributed by atoms with Gasteiger partial charge in [-0.05, 0) is 69.4 Å². The second kappa shape index (κ2) is 8.09. The zero-order chi connectivity index (χ0) is 25.1. The molecule has 1 aromatic carbocycles. The van der Waals surface area contributed by atoms with Gasteiger partial charge in [0.25, 0.3) is 5.91 Å². The van der Waals surface area contributed by atoms with Gasteiger partial charge >= 0.3 is 6.18 Å². The highest BCUT2D eigenvalue weighted by Crippen LogP contribution is 2.42. The first-order chi connectivity index (χ1) is 15.7. The number of hydrogen-bond donors (Lipinski definition) is 2. The quantitative estimate of drug-likeness (QED) is 0.528. The Morgan fingerprint density at radius 1 is 1.18 bits per heavy atom. The van der Waals surface area contributed by atoms with Crippen LogP contribution in [0.2, 0.25) is 0 Å². The number of nitrogens with zero attached hydrogens (tertiary/aromatic N) is 2. The number of carbonyl (C=O) groups is 1. The number of halogens is 3. The number of primary amides is 1. The Kier molecular flexibility index (Phi) is 5.76. The lowest BCUT2D eigenvalue weighted by atomic mass is 9.92. The van der Waals surface area contributed by atoms with Crippen molar-refractivity contribution in [3.63, 3.8) is 0 Å². The number of amides is 1. The lowest BCUT2D eigenvalue weighted by molar-refractivity contribution is -0.180. The molecule has 0 bridgehead atoms. The van der Waals surface area contributed by atoms with E-state index in [1.807, 2.05) is 17.6 Å². The van der Waals surface area contributed by atoms with E-state index in [9.17, 15) is 26.4 Å². The molecule has 7 nitrogen and oxygen atoms in total. The normalized spacial score (nSPS) is 15.5. The predicted molar refractivity (Wildman–Crippen MR) is 122 cm³/mol. The number of hydrogen-bond acceptors (Lipinski definition) is 4. The van der Waals surface area contributed by atoms with Crippen LogP contribution in [0.4, 0.5) is 13.2 Å². The smallest absolute Gasteiger partial charge is 0.366 e. The molecule has 11 heteroatoms. The van der Waals surface area contributed by atoms with Crippen LogP contribution in [0.1, 0.15) is 55.1 Å². The minimum Gasteiger partial charge on any atom is -0.366 e. The SMILES string of the molecule is Cc1cnc2c(c1)c(C(N)=O)c(-c1ccc(S(=O)(=O)NC(C)(C)C(F)(F)F)cc1)n2C1CCC1. The Balaban J connectivity index is 1.83. The number of carbonyl (C=O) groups excluding carboxylic acids is 1. The summed E-state index contributed by atoms with van der Waals surface area (Å²) in [5, 5.41) is 0.611. The fourth-order valence-corrected chi connectivity index (χ4v) is 5.47. The van der Waals surface area contributed by atoms with Gasteiger partial charge in [0.2, 0.25) is 10.0 Å². The number of aryl methyl sites for hydroxylation is 1. The molecule has 1 aliphatic rings. The first-order valence-electron chi connectivity index (χ1n) is 10.7. The van der Waals surface area contributed by atoms with Crippen molar-refractivity contribution < 1.29 is 26.4 Å². The van der Waals surface area contributed by atoms with Gasteiger partial charge in [0, 0.05) is 17.6 Å². The number of nitrogens with one attached hydrogen (secondary N) is 1. The van der Waals surface area contributed by atoms with Crippen LogP contribution >= 0.6 is 0 Å². The third-order valence-electron chi connectivity index (χ3n) is 6.20. The molecule has 0 saturated heterocycles. The van der Waals surface area contributed by atoms with Crippen LogP contribution in [0.25, 0.3) is 22.3 Å². The Labute approximate surface area is 195 Å². The molecular formula is C23H25F3N4O3S. The van der Waals surface area contributed by atoms with Gasteiger partial charge in [-0.3, -0.25) is 4.79 Å². The first-order valence-corrected chi connectivity index (χ1v) is 12.2. The second-order valence-corrected chi connectivity index (χ2v) is 10.9. The molecule has 0 spiro atoms. The number of nitrogens with two attached hydrogens (primary N) is 1. The maximum Gasteiger partial charge on any atom is 0.407 e. The highest BCUT2D eigenvalue weighted by atomic mass is 32.2. The molecule has 0 unspecified atom stereocenters. The van der Waals surface area contributed by atoms with Crippen molar-refractivity contribution in [2.45, 2.75) is 62.7 Å². The minimum atomic E-state index is -4.77. The van der Waals surface area contributed by atoms with Crippen LogP contribution in [0, 0.1) is 6.92 Å². The summed E-state index contributed by atoms with van der Waals surface area (Å²) in [6.07, 6.45) is -0.249. The van der Waals surface area contributed by atoms with E-state index in [0.717, 1.165) is 38.7 Å². The third-order valence-corrected chi connectivity index (χ3v) is 7.87. The summed E-state index contributed by atoms with van der Waals surface area (Å²) in [6.45, 7) is 3.36. The van der Waals surface area contributed by atoms with E-state index in [0.29, 0.717) is 22.3 Å². The number of pyridine rings is 1. The van der Waals surface area contributed by atoms with Crippen LogP contribution in [0.5, 0.6) is 0 Å². The van der Waals surface area contributed by atoms with E-state index in [-0.39, 0.29) is 16.5 Å². The Morgan fingerprint density at radius 3 is 2.29 bits per heavy atom. The average molecular weight is 495 g/mol. The van der Waals surface area contributed by atoms with Gasteiger partial charge in [-0.2, -0.15) is 17.9 Å². The van der Waals surface area contributed by atoms with Gasteiger partial charge in [0.1, 0.15) is 11.2 Å². The average Bonchev–Trinajstić information content (AvgIpc) is 2.99. The van der Waals surface area contributed by atoms with E-state index in [1.165, 1.54) is 24.3 Å². The molecule has 182 valence electrons. The highest BCUT2D eigenvalue weighted by Gasteiger charge is 2.49. The zero-order valence-corrected chi connectivity index (χ0v) is 19.7. The second-order valence-electron chi connectivity index (χ2n) is 9.18. The summed E-state index contributed by atoms with van der Waals surface area (Å²) in [5.41, 5.74) is 5.90. The van der Waals surface area contributed by atoms with Crippen LogP contribution in [-0.2, 0) is 10.0 Å². The molecular weight excluding hydrogens is 469 g/mol. The van der Waals surface area contributed by atoms with Crippen molar-refractivity contribution in [3.05, 3.63) is 47.7 Å². The largest absolute Gasteiger partial charge is 0.407 e. The number of alkyl halides is 3. The molecule has 1 aliphatic carbocycles.